The second kappa shape index (κ2) is 12.3. The Morgan fingerprint density at radius 2 is 2.00 bits per heavy atom. The van der Waals surface area contributed by atoms with E-state index in [0.29, 0.717) is 25.3 Å². The highest BCUT2D eigenvalue weighted by Crippen LogP contribution is 2.52. The third-order valence-electron chi connectivity index (χ3n) is 11.3. The zero-order valence-electron chi connectivity index (χ0n) is 27.8. The van der Waals surface area contributed by atoms with E-state index in [1.165, 1.54) is 6.92 Å². The molecule has 0 spiro atoms. The molecule has 0 unspecified atom stereocenters. The Morgan fingerprint density at radius 3 is 2.78 bits per heavy atom. The zero-order chi connectivity index (χ0) is 35.1. The summed E-state index contributed by atoms with van der Waals surface area (Å²) in [5, 5.41) is -0.218. The van der Waals surface area contributed by atoms with Crippen LogP contribution in [0.25, 0.3) is 22.2 Å². The first-order valence-electron chi connectivity index (χ1n) is 17.2. The van der Waals surface area contributed by atoms with E-state index in [0.717, 1.165) is 63.3 Å². The molecule has 7 heterocycles. The van der Waals surface area contributed by atoms with Gasteiger partial charge in [-0.15, -0.1) is 0 Å². The van der Waals surface area contributed by atoms with Crippen LogP contribution in [0.2, 0.25) is 5.02 Å². The third-order valence-corrected chi connectivity index (χ3v) is 11.7. The minimum absolute atomic E-state index is 0.0219. The Balaban J connectivity index is 1.32. The molecule has 4 saturated heterocycles. The standard InChI is InChI=1S/C35H39ClF5N7O2/c1-18-13-34(8-4-10-46(34)14-18)17-50-33-44-30-25-31(27(36)24(28(30)38)29-26(35(39,40)41)19(2)12-23(42)43-29)49-16-22-21-7-3-6-20(47(21)11-5-9-37)15-48(22)32(25)45-33/h12,20-22H,1,3-11,13-17H2,2H3,(H2,42,43)/t20-,21+,22-,34+/m1/s1. The summed E-state index contributed by atoms with van der Waals surface area (Å²) >= 11 is 6.92. The van der Waals surface area contributed by atoms with Crippen LogP contribution in [0.4, 0.5) is 33.6 Å². The van der Waals surface area contributed by atoms with Crippen molar-refractivity contribution in [3.8, 4) is 23.0 Å². The number of nitrogens with two attached hydrogens (primary N) is 1. The summed E-state index contributed by atoms with van der Waals surface area (Å²) in [6, 6.07) is 0.781. The van der Waals surface area contributed by atoms with Gasteiger partial charge in [-0.3, -0.25) is 14.2 Å². The molecule has 1 aromatic carbocycles. The van der Waals surface area contributed by atoms with Gasteiger partial charge in [-0.05, 0) is 63.6 Å². The van der Waals surface area contributed by atoms with Crippen LogP contribution in [0.3, 0.4) is 0 Å². The minimum Gasteiger partial charge on any atom is -0.489 e. The summed E-state index contributed by atoms with van der Waals surface area (Å²) < 4.78 is 86.9. The van der Waals surface area contributed by atoms with Gasteiger partial charge in [-0.1, -0.05) is 30.2 Å². The van der Waals surface area contributed by atoms with Gasteiger partial charge in [0.15, 0.2) is 11.6 Å². The lowest BCUT2D eigenvalue weighted by molar-refractivity contribution is -0.137. The highest BCUT2D eigenvalue weighted by molar-refractivity contribution is 6.36. The number of piperidine rings is 1. The van der Waals surface area contributed by atoms with E-state index in [1.54, 1.807) is 0 Å². The fourth-order valence-corrected chi connectivity index (χ4v) is 9.60. The van der Waals surface area contributed by atoms with E-state index < -0.39 is 35.5 Å². The molecule has 50 heavy (non-hydrogen) atoms. The number of pyridine rings is 1. The first kappa shape index (κ1) is 33.6. The number of nitrogen functional groups attached to an aromatic ring is 1. The van der Waals surface area contributed by atoms with Gasteiger partial charge >= 0.3 is 12.2 Å². The minimum atomic E-state index is -4.90. The first-order chi connectivity index (χ1) is 23.9. The fourth-order valence-electron chi connectivity index (χ4n) is 9.28. The van der Waals surface area contributed by atoms with Gasteiger partial charge < -0.3 is 20.1 Å². The molecule has 4 fully saturated rings. The summed E-state index contributed by atoms with van der Waals surface area (Å²) in [4.78, 5) is 20.2. The molecule has 4 atom stereocenters. The molecule has 5 aliphatic rings. The highest BCUT2D eigenvalue weighted by Gasteiger charge is 2.49. The average Bonchev–Trinajstić information content (AvgIpc) is 3.52. The second-order valence-corrected chi connectivity index (χ2v) is 14.8. The summed E-state index contributed by atoms with van der Waals surface area (Å²) in [5.41, 5.74) is 3.74. The number of hydrogen-bond acceptors (Lipinski definition) is 9. The van der Waals surface area contributed by atoms with Crippen LogP contribution in [0.1, 0.15) is 56.1 Å². The van der Waals surface area contributed by atoms with E-state index in [-0.39, 0.29) is 75.9 Å². The maximum Gasteiger partial charge on any atom is 0.418 e. The molecule has 2 bridgehead atoms. The Bertz CT molecular complexity index is 1880. The van der Waals surface area contributed by atoms with Gasteiger partial charge in [0.2, 0.25) is 0 Å². The van der Waals surface area contributed by atoms with Crippen molar-refractivity contribution in [2.75, 3.05) is 56.7 Å². The number of nitrogens with zero attached hydrogens (tertiary/aromatic N) is 6. The zero-order valence-corrected chi connectivity index (χ0v) is 28.5. The van der Waals surface area contributed by atoms with E-state index in [4.69, 9.17) is 31.8 Å². The van der Waals surface area contributed by atoms with Crippen LogP contribution >= 0.6 is 11.6 Å². The smallest absolute Gasteiger partial charge is 0.418 e. The summed E-state index contributed by atoms with van der Waals surface area (Å²) in [7, 11) is 0. The predicted octanol–water partition coefficient (Wildman–Crippen LogP) is 6.73. The van der Waals surface area contributed by atoms with Crippen LogP contribution in [0.5, 0.6) is 11.8 Å². The third kappa shape index (κ3) is 5.35. The summed E-state index contributed by atoms with van der Waals surface area (Å²) in [6.45, 7) is 8.11. The Labute approximate surface area is 291 Å². The van der Waals surface area contributed by atoms with Crippen molar-refractivity contribution in [3.05, 3.63) is 40.2 Å². The van der Waals surface area contributed by atoms with Crippen molar-refractivity contribution in [1.82, 2.24) is 24.8 Å². The number of rotatable bonds is 7. The number of aryl methyl sites for hydroxylation is 1. The normalized spacial score (nSPS) is 26.6. The monoisotopic (exact) mass is 719 g/mol. The van der Waals surface area contributed by atoms with Gasteiger partial charge in [0.1, 0.15) is 30.4 Å². The van der Waals surface area contributed by atoms with Gasteiger partial charge in [-0.2, -0.15) is 23.1 Å². The molecular weight excluding hydrogens is 681 g/mol. The molecule has 2 N–H and O–H groups in total. The summed E-state index contributed by atoms with van der Waals surface area (Å²) in [6.07, 6.45) is 0.865. The lowest BCUT2D eigenvalue weighted by Crippen LogP contribution is -2.67. The topological polar surface area (TPSA) is 92.9 Å². The lowest BCUT2D eigenvalue weighted by atomic mass is 9.85. The highest BCUT2D eigenvalue weighted by atomic mass is 35.5. The number of anilines is 2. The number of aromatic nitrogens is 3. The van der Waals surface area contributed by atoms with Crippen molar-refractivity contribution in [2.24, 2.45) is 0 Å². The van der Waals surface area contributed by atoms with Crippen molar-refractivity contribution in [3.63, 3.8) is 0 Å². The number of benzene rings is 1. The molecule has 0 radical (unpaired) electrons. The molecular formula is C35H39ClF5N7O2. The predicted molar refractivity (Wildman–Crippen MR) is 180 cm³/mol. The molecule has 8 rings (SSSR count). The van der Waals surface area contributed by atoms with Crippen LogP contribution < -0.4 is 20.1 Å². The van der Waals surface area contributed by atoms with Crippen LogP contribution in [0.15, 0.2) is 18.2 Å². The van der Waals surface area contributed by atoms with Crippen molar-refractivity contribution >= 4 is 34.1 Å². The Morgan fingerprint density at radius 1 is 1.18 bits per heavy atom. The van der Waals surface area contributed by atoms with Crippen molar-refractivity contribution < 1.29 is 31.4 Å². The second-order valence-electron chi connectivity index (χ2n) is 14.4. The van der Waals surface area contributed by atoms with Gasteiger partial charge in [0, 0.05) is 31.7 Å². The molecule has 0 amide bonds. The molecule has 0 aliphatic carbocycles. The average molecular weight is 720 g/mol. The number of hydrogen-bond donors (Lipinski definition) is 1. The molecule has 9 nitrogen and oxygen atoms in total. The molecule has 2 aromatic heterocycles. The molecule has 268 valence electrons. The van der Waals surface area contributed by atoms with Gasteiger partial charge in [-0.25, -0.2) is 9.37 Å². The number of ether oxygens (including phenoxy) is 2. The van der Waals surface area contributed by atoms with E-state index in [9.17, 15) is 17.6 Å². The van der Waals surface area contributed by atoms with E-state index in [1.807, 2.05) is 0 Å². The quantitative estimate of drug-likeness (QED) is 0.211. The number of fused-ring (bicyclic) bond motifs is 6. The maximum atomic E-state index is 17.1. The van der Waals surface area contributed by atoms with Crippen molar-refractivity contribution in [2.45, 2.75) is 81.7 Å². The number of piperazine rings is 1. The van der Waals surface area contributed by atoms with Gasteiger partial charge in [0.05, 0.1) is 45.5 Å². The Hall–Kier alpha value is -3.49. The SMILES string of the molecule is C=C1CN2CCC[C@@]2(COc2nc3c4c(c(Cl)c(-c5nc(N)cc(C)c5C(F)(F)F)c(F)c4n2)OC[C@@H]2[C@@H]4CCC[C@H](CN32)N4CCCF)C1. The molecule has 3 aromatic rings. The van der Waals surface area contributed by atoms with E-state index in [2.05, 4.69) is 31.2 Å². The van der Waals surface area contributed by atoms with Crippen molar-refractivity contribution in [1.29, 1.82) is 0 Å². The Kier molecular flexibility index (Phi) is 8.30. The summed E-state index contributed by atoms with van der Waals surface area (Å²) in [5.74, 6) is -1.01. The van der Waals surface area contributed by atoms with Crippen LogP contribution in [-0.4, -0.2) is 94.5 Å². The molecule has 0 saturated carbocycles. The number of halogens is 6. The molecule has 5 aliphatic heterocycles. The first-order valence-corrected chi connectivity index (χ1v) is 17.6. The van der Waals surface area contributed by atoms with E-state index >= 15 is 4.39 Å². The molecule has 15 heteroatoms. The number of alkyl halides is 4. The van der Waals surface area contributed by atoms with Crippen LogP contribution in [0, 0.1) is 12.7 Å². The fraction of sp³-hybridized carbons (Fsp3) is 0.571. The van der Waals surface area contributed by atoms with Crippen LogP contribution in [-0.2, 0) is 6.18 Å². The largest absolute Gasteiger partial charge is 0.489 e. The van der Waals surface area contributed by atoms with Gasteiger partial charge in [0.25, 0.3) is 0 Å². The maximum absolute atomic E-state index is 17.1. The lowest BCUT2D eigenvalue weighted by Gasteiger charge is -2.54.